The number of benzene rings is 2. The number of hydrogen-bond acceptors (Lipinski definition) is 3. The van der Waals surface area contributed by atoms with Crippen molar-refractivity contribution in [1.82, 2.24) is 0 Å². The number of rotatable bonds is 2. The quantitative estimate of drug-likeness (QED) is 0.502. The Labute approximate surface area is 135 Å². The summed E-state index contributed by atoms with van der Waals surface area (Å²) in [5, 5.41) is 14.3. The van der Waals surface area contributed by atoms with Crippen molar-refractivity contribution >= 4 is 52.1 Å². The molecule has 0 spiro atoms. The maximum atomic E-state index is 12.1. The molecule has 0 bridgehead atoms. The third-order valence-electron chi connectivity index (χ3n) is 3.29. The highest BCUT2D eigenvalue weighted by Crippen LogP contribution is 2.37. The summed E-state index contributed by atoms with van der Waals surface area (Å²) in [6.07, 6.45) is 1.54. The van der Waals surface area contributed by atoms with Crippen LogP contribution < -0.4 is 5.32 Å². The average molecular weight is 335 g/mol. The largest absolute Gasteiger partial charge is 0.321 e. The first kappa shape index (κ1) is 14.6. The van der Waals surface area contributed by atoms with Gasteiger partial charge in [-0.05, 0) is 24.3 Å². The summed E-state index contributed by atoms with van der Waals surface area (Å²) in [6.45, 7) is 0. The molecule has 0 saturated carbocycles. The molecule has 0 radical (unpaired) electrons. The minimum Gasteiger partial charge on any atom is -0.321 e. The molecule has 5 nitrogen and oxygen atoms in total. The van der Waals surface area contributed by atoms with E-state index in [1.54, 1.807) is 18.2 Å². The third kappa shape index (κ3) is 2.45. The Morgan fingerprint density at radius 1 is 1.14 bits per heavy atom. The Kier molecular flexibility index (Phi) is 3.60. The fourth-order valence-corrected chi connectivity index (χ4v) is 2.73. The molecule has 1 heterocycles. The van der Waals surface area contributed by atoms with Gasteiger partial charge >= 0.3 is 0 Å². The van der Waals surface area contributed by atoms with Crippen molar-refractivity contribution in [3.63, 3.8) is 0 Å². The molecule has 1 N–H and O–H groups in total. The van der Waals surface area contributed by atoms with Crippen LogP contribution in [0.5, 0.6) is 0 Å². The molecule has 1 amide bonds. The number of non-ortho nitro benzene ring substituents is 1. The molecule has 110 valence electrons. The monoisotopic (exact) mass is 334 g/mol. The Morgan fingerprint density at radius 3 is 2.45 bits per heavy atom. The molecule has 0 aromatic heterocycles. The summed E-state index contributed by atoms with van der Waals surface area (Å²) < 4.78 is 0. The van der Waals surface area contributed by atoms with Gasteiger partial charge in [-0.3, -0.25) is 14.9 Å². The second-order valence-electron chi connectivity index (χ2n) is 4.63. The summed E-state index contributed by atoms with van der Waals surface area (Å²) in [6, 6.07) is 9.19. The number of carbonyl (C=O) groups is 1. The first-order valence-electron chi connectivity index (χ1n) is 6.23. The second-order valence-corrected chi connectivity index (χ2v) is 5.45. The van der Waals surface area contributed by atoms with Gasteiger partial charge in [-0.25, -0.2) is 0 Å². The molecule has 3 rings (SSSR count). The molecule has 7 heteroatoms. The zero-order valence-electron chi connectivity index (χ0n) is 11.0. The fourth-order valence-electron chi connectivity index (χ4n) is 2.23. The molecular weight excluding hydrogens is 327 g/mol. The van der Waals surface area contributed by atoms with E-state index in [0.29, 0.717) is 26.9 Å². The Balaban J connectivity index is 2.17. The number of nitro benzene ring substituents is 1. The van der Waals surface area contributed by atoms with Crippen molar-refractivity contribution in [2.45, 2.75) is 0 Å². The lowest BCUT2D eigenvalue weighted by molar-refractivity contribution is -0.384. The number of anilines is 1. The van der Waals surface area contributed by atoms with E-state index in [1.165, 1.54) is 24.3 Å². The van der Waals surface area contributed by atoms with E-state index < -0.39 is 4.92 Å². The normalized spacial score (nSPS) is 14.8. The maximum absolute atomic E-state index is 12.1. The van der Waals surface area contributed by atoms with Gasteiger partial charge in [-0.1, -0.05) is 29.3 Å². The predicted molar refractivity (Wildman–Crippen MR) is 86.1 cm³/mol. The van der Waals surface area contributed by atoms with Gasteiger partial charge in [0, 0.05) is 44.6 Å². The van der Waals surface area contributed by atoms with E-state index >= 15 is 0 Å². The van der Waals surface area contributed by atoms with Crippen LogP contribution in [0, 0.1) is 10.1 Å². The minimum atomic E-state index is -0.511. The van der Waals surface area contributed by atoms with E-state index in [4.69, 9.17) is 23.2 Å². The molecular formula is C15H8Cl2N2O3. The highest BCUT2D eigenvalue weighted by molar-refractivity contribution is 6.40. The number of nitrogens with zero attached hydrogens (tertiary/aromatic N) is 1. The van der Waals surface area contributed by atoms with Gasteiger partial charge < -0.3 is 5.32 Å². The third-order valence-corrected chi connectivity index (χ3v) is 3.94. The Morgan fingerprint density at radius 2 is 1.82 bits per heavy atom. The number of amides is 1. The van der Waals surface area contributed by atoms with Gasteiger partial charge in [0.1, 0.15) is 0 Å². The molecule has 2 aromatic carbocycles. The first-order chi connectivity index (χ1) is 10.5. The SMILES string of the molecule is O=C1Nc2ccc([N+](=O)[O-])cc2/C1=C\c1c(Cl)cccc1Cl. The Bertz CT molecular complexity index is 826. The number of carbonyl (C=O) groups excluding carboxylic acids is 1. The number of nitrogens with one attached hydrogen (secondary N) is 1. The summed E-state index contributed by atoms with van der Waals surface area (Å²) in [7, 11) is 0. The van der Waals surface area contributed by atoms with Crippen LogP contribution in [0.25, 0.3) is 11.6 Å². The van der Waals surface area contributed by atoms with Crippen molar-refractivity contribution in [1.29, 1.82) is 0 Å². The van der Waals surface area contributed by atoms with Gasteiger partial charge in [0.15, 0.2) is 0 Å². The van der Waals surface area contributed by atoms with E-state index in [9.17, 15) is 14.9 Å². The van der Waals surface area contributed by atoms with Gasteiger partial charge in [-0.15, -0.1) is 0 Å². The number of nitro groups is 1. The molecule has 0 aliphatic carbocycles. The van der Waals surface area contributed by atoms with Gasteiger partial charge in [0.2, 0.25) is 0 Å². The Hall–Kier alpha value is -2.37. The summed E-state index contributed by atoms with van der Waals surface area (Å²) in [4.78, 5) is 22.5. The number of halogens is 2. The van der Waals surface area contributed by atoms with Crippen LogP contribution in [0.2, 0.25) is 10.0 Å². The molecule has 0 unspecified atom stereocenters. The molecule has 1 aliphatic heterocycles. The summed E-state index contributed by atoms with van der Waals surface area (Å²) in [5.41, 5.74) is 1.66. The van der Waals surface area contributed by atoms with Crippen LogP contribution >= 0.6 is 23.2 Å². The second kappa shape index (κ2) is 5.44. The summed E-state index contributed by atoms with van der Waals surface area (Å²) in [5.74, 6) is -0.355. The predicted octanol–water partition coefficient (Wildman–Crippen LogP) is 4.39. The summed E-state index contributed by atoms with van der Waals surface area (Å²) >= 11 is 12.2. The van der Waals surface area contributed by atoms with Crippen LogP contribution in [-0.2, 0) is 4.79 Å². The van der Waals surface area contributed by atoms with Gasteiger partial charge in [0.05, 0.1) is 4.92 Å². The van der Waals surface area contributed by atoms with E-state index in [-0.39, 0.29) is 17.2 Å². The van der Waals surface area contributed by atoms with Crippen molar-refractivity contribution in [2.24, 2.45) is 0 Å². The standard InChI is InChI=1S/C15H8Cl2N2O3/c16-12-2-1-3-13(17)11(12)7-10-9-6-8(19(21)22)4-5-14(9)18-15(10)20/h1-7H,(H,18,20)/b10-7+. The first-order valence-corrected chi connectivity index (χ1v) is 6.99. The average Bonchev–Trinajstić information content (AvgIpc) is 2.78. The van der Waals surface area contributed by atoms with Gasteiger partial charge in [-0.2, -0.15) is 0 Å². The lowest BCUT2D eigenvalue weighted by atomic mass is 10.0. The van der Waals surface area contributed by atoms with Crippen LogP contribution in [0.4, 0.5) is 11.4 Å². The molecule has 0 atom stereocenters. The van der Waals surface area contributed by atoms with Crippen molar-refractivity contribution < 1.29 is 9.72 Å². The molecule has 0 fully saturated rings. The van der Waals surface area contributed by atoms with Gasteiger partial charge in [0.25, 0.3) is 11.6 Å². The van der Waals surface area contributed by atoms with Crippen LogP contribution in [-0.4, -0.2) is 10.8 Å². The van der Waals surface area contributed by atoms with E-state index in [1.807, 2.05) is 0 Å². The smallest absolute Gasteiger partial charge is 0.270 e. The molecule has 22 heavy (non-hydrogen) atoms. The lowest BCUT2D eigenvalue weighted by Crippen LogP contribution is -2.03. The van der Waals surface area contributed by atoms with Crippen LogP contribution in [0.3, 0.4) is 0 Å². The van der Waals surface area contributed by atoms with Crippen molar-refractivity contribution in [3.8, 4) is 0 Å². The van der Waals surface area contributed by atoms with Crippen LogP contribution in [0.15, 0.2) is 36.4 Å². The molecule has 1 aliphatic rings. The van der Waals surface area contributed by atoms with E-state index in [2.05, 4.69) is 5.32 Å². The fraction of sp³-hybridized carbons (Fsp3) is 0. The van der Waals surface area contributed by atoms with Crippen molar-refractivity contribution in [3.05, 3.63) is 67.7 Å². The van der Waals surface area contributed by atoms with Crippen molar-refractivity contribution in [2.75, 3.05) is 5.32 Å². The number of hydrogen-bond donors (Lipinski definition) is 1. The highest BCUT2D eigenvalue weighted by atomic mass is 35.5. The minimum absolute atomic E-state index is 0.0913. The lowest BCUT2D eigenvalue weighted by Gasteiger charge is -2.03. The zero-order valence-corrected chi connectivity index (χ0v) is 12.5. The molecule has 2 aromatic rings. The van der Waals surface area contributed by atoms with Crippen LogP contribution in [0.1, 0.15) is 11.1 Å². The maximum Gasteiger partial charge on any atom is 0.270 e. The number of fused-ring (bicyclic) bond motifs is 1. The zero-order chi connectivity index (χ0) is 15.9. The molecule has 0 saturated heterocycles. The van der Waals surface area contributed by atoms with E-state index in [0.717, 1.165) is 0 Å². The highest BCUT2D eigenvalue weighted by Gasteiger charge is 2.26. The topological polar surface area (TPSA) is 72.2 Å².